The topological polar surface area (TPSA) is 70.8 Å². The van der Waals surface area contributed by atoms with Gasteiger partial charge in [0.1, 0.15) is 0 Å². The normalized spacial score (nSPS) is 10.1. The lowest BCUT2D eigenvalue weighted by molar-refractivity contribution is 0.0506. The Morgan fingerprint density at radius 3 is 2.21 bits per heavy atom. The first kappa shape index (κ1) is 15.1. The molecule has 0 bridgehead atoms. The maximum absolute atomic E-state index is 11.9. The number of nitrogens with two attached hydrogens (primary N) is 1. The second-order valence-corrected chi connectivity index (χ2v) is 3.89. The third-order valence-corrected chi connectivity index (χ3v) is 2.37. The largest absolute Gasteiger partial charge is 0.490 e. The van der Waals surface area contributed by atoms with E-state index in [1.54, 1.807) is 12.1 Å². The zero-order valence-corrected chi connectivity index (χ0v) is 11.7. The van der Waals surface area contributed by atoms with Gasteiger partial charge in [0, 0.05) is 12.1 Å². The van der Waals surface area contributed by atoms with Crippen LogP contribution in [0.3, 0.4) is 0 Å². The number of hydrogen-bond donors (Lipinski definition) is 1. The molecule has 0 aliphatic carbocycles. The maximum Gasteiger partial charge on any atom is 0.340 e. The van der Waals surface area contributed by atoms with Gasteiger partial charge in [-0.05, 0) is 20.3 Å². The lowest BCUT2D eigenvalue weighted by Crippen LogP contribution is -2.10. The molecule has 0 heterocycles. The molecule has 19 heavy (non-hydrogen) atoms. The molecule has 5 nitrogen and oxygen atoms in total. The van der Waals surface area contributed by atoms with Gasteiger partial charge in [0.25, 0.3) is 0 Å². The fourth-order valence-electron chi connectivity index (χ4n) is 1.56. The summed E-state index contributed by atoms with van der Waals surface area (Å²) in [5, 5.41) is 0. The van der Waals surface area contributed by atoms with Gasteiger partial charge in [0.2, 0.25) is 0 Å². The quantitative estimate of drug-likeness (QED) is 0.607. The van der Waals surface area contributed by atoms with Crippen molar-refractivity contribution in [1.29, 1.82) is 0 Å². The molecule has 0 spiro atoms. The Balaban J connectivity index is 3.05. The van der Waals surface area contributed by atoms with Crippen molar-refractivity contribution in [2.45, 2.75) is 27.2 Å². The highest BCUT2D eigenvalue weighted by Crippen LogP contribution is 2.32. The molecule has 0 saturated carbocycles. The van der Waals surface area contributed by atoms with Crippen molar-refractivity contribution in [3.05, 3.63) is 17.7 Å². The summed E-state index contributed by atoms with van der Waals surface area (Å²) in [5.41, 5.74) is 6.49. The molecule has 0 fully saturated rings. The Bertz CT molecular complexity index is 432. The molecule has 0 unspecified atom stereocenters. The molecule has 0 aromatic heterocycles. The molecule has 0 saturated heterocycles. The summed E-state index contributed by atoms with van der Waals surface area (Å²) in [7, 11) is 0. The van der Waals surface area contributed by atoms with Gasteiger partial charge in [0.15, 0.2) is 11.5 Å². The van der Waals surface area contributed by atoms with E-state index in [2.05, 4.69) is 0 Å². The highest BCUT2D eigenvalue weighted by molar-refractivity contribution is 5.96. The number of anilines is 1. The third-order valence-electron chi connectivity index (χ3n) is 2.37. The molecule has 0 amide bonds. The smallest absolute Gasteiger partial charge is 0.340 e. The minimum atomic E-state index is -0.441. The van der Waals surface area contributed by atoms with E-state index in [9.17, 15) is 4.79 Å². The molecule has 2 N–H and O–H groups in total. The van der Waals surface area contributed by atoms with Gasteiger partial charge in [-0.25, -0.2) is 4.79 Å². The summed E-state index contributed by atoms with van der Waals surface area (Å²) < 4.78 is 16.0. The summed E-state index contributed by atoms with van der Waals surface area (Å²) in [4.78, 5) is 11.9. The van der Waals surface area contributed by atoms with Crippen LogP contribution in [-0.2, 0) is 4.74 Å². The summed E-state index contributed by atoms with van der Waals surface area (Å²) >= 11 is 0. The van der Waals surface area contributed by atoms with Crippen LogP contribution in [0.2, 0.25) is 0 Å². The molecule has 0 atom stereocenters. The molecule has 1 aromatic rings. The van der Waals surface area contributed by atoms with E-state index >= 15 is 0 Å². The Morgan fingerprint density at radius 1 is 1.11 bits per heavy atom. The molecule has 1 aromatic carbocycles. The van der Waals surface area contributed by atoms with E-state index < -0.39 is 5.97 Å². The van der Waals surface area contributed by atoms with Crippen molar-refractivity contribution in [3.8, 4) is 11.5 Å². The molecular formula is C14H21NO4. The lowest BCUT2D eigenvalue weighted by Gasteiger charge is -2.14. The van der Waals surface area contributed by atoms with Crippen LogP contribution < -0.4 is 15.2 Å². The molecule has 0 aliphatic heterocycles. The predicted octanol–water partition coefficient (Wildman–Crippen LogP) is 2.63. The van der Waals surface area contributed by atoms with Crippen LogP contribution in [0.15, 0.2) is 12.1 Å². The Kier molecular flexibility index (Phi) is 5.99. The number of carbonyl (C=O) groups excluding carboxylic acids is 1. The highest BCUT2D eigenvalue weighted by atomic mass is 16.5. The van der Waals surface area contributed by atoms with E-state index in [4.69, 9.17) is 19.9 Å². The Hall–Kier alpha value is -1.91. The zero-order chi connectivity index (χ0) is 14.3. The van der Waals surface area contributed by atoms with Gasteiger partial charge < -0.3 is 19.9 Å². The van der Waals surface area contributed by atoms with Crippen molar-refractivity contribution in [3.63, 3.8) is 0 Å². The van der Waals surface area contributed by atoms with Gasteiger partial charge in [-0.15, -0.1) is 0 Å². The summed E-state index contributed by atoms with van der Waals surface area (Å²) in [6.45, 7) is 7.01. The van der Waals surface area contributed by atoms with E-state index in [1.807, 2.05) is 20.8 Å². The number of rotatable bonds is 7. The fourth-order valence-corrected chi connectivity index (χ4v) is 1.56. The van der Waals surface area contributed by atoms with Gasteiger partial charge in [-0.1, -0.05) is 6.92 Å². The summed E-state index contributed by atoms with van der Waals surface area (Å²) in [6, 6.07) is 3.17. The van der Waals surface area contributed by atoms with Gasteiger partial charge >= 0.3 is 5.97 Å². The predicted molar refractivity (Wildman–Crippen MR) is 73.8 cm³/mol. The first-order chi connectivity index (χ1) is 9.13. The van der Waals surface area contributed by atoms with E-state index in [-0.39, 0.29) is 0 Å². The van der Waals surface area contributed by atoms with Crippen LogP contribution >= 0.6 is 0 Å². The number of esters is 1. The second kappa shape index (κ2) is 7.51. The van der Waals surface area contributed by atoms with Crippen molar-refractivity contribution in [1.82, 2.24) is 0 Å². The maximum atomic E-state index is 11.9. The number of nitrogen functional groups attached to an aromatic ring is 1. The van der Waals surface area contributed by atoms with Crippen molar-refractivity contribution < 1.29 is 19.0 Å². The molecule has 106 valence electrons. The first-order valence-electron chi connectivity index (χ1n) is 6.50. The number of ether oxygens (including phenoxy) is 3. The Morgan fingerprint density at radius 2 is 1.68 bits per heavy atom. The minimum absolute atomic E-state index is 0.306. The lowest BCUT2D eigenvalue weighted by atomic mass is 10.1. The van der Waals surface area contributed by atoms with E-state index in [0.717, 1.165) is 6.42 Å². The van der Waals surface area contributed by atoms with Crippen LogP contribution in [-0.4, -0.2) is 25.8 Å². The van der Waals surface area contributed by atoms with Crippen LogP contribution in [0.5, 0.6) is 11.5 Å². The fraction of sp³-hybridized carbons (Fsp3) is 0.500. The molecule has 0 aliphatic rings. The zero-order valence-electron chi connectivity index (χ0n) is 11.7. The van der Waals surface area contributed by atoms with Crippen molar-refractivity contribution in [2.75, 3.05) is 25.6 Å². The average Bonchev–Trinajstić information content (AvgIpc) is 2.39. The Labute approximate surface area is 113 Å². The number of hydrogen-bond acceptors (Lipinski definition) is 5. The summed E-state index contributed by atoms with van der Waals surface area (Å²) in [6.07, 6.45) is 0.765. The molecular weight excluding hydrogens is 246 g/mol. The highest BCUT2D eigenvalue weighted by Gasteiger charge is 2.16. The summed E-state index contributed by atoms with van der Waals surface area (Å²) in [5.74, 6) is 0.597. The SMILES string of the molecule is CCCOC(=O)c1cc(OCC)c(OCC)cc1N. The van der Waals surface area contributed by atoms with Gasteiger partial charge in [0.05, 0.1) is 31.1 Å². The first-order valence-corrected chi connectivity index (χ1v) is 6.50. The monoisotopic (exact) mass is 267 g/mol. The number of benzene rings is 1. The van der Waals surface area contributed by atoms with E-state index in [0.29, 0.717) is 42.6 Å². The number of carbonyl (C=O) groups is 1. The van der Waals surface area contributed by atoms with Crippen LogP contribution in [0, 0.1) is 0 Å². The van der Waals surface area contributed by atoms with Gasteiger partial charge in [-0.2, -0.15) is 0 Å². The van der Waals surface area contributed by atoms with Crippen LogP contribution in [0.1, 0.15) is 37.6 Å². The molecule has 5 heteroatoms. The van der Waals surface area contributed by atoms with Crippen molar-refractivity contribution in [2.24, 2.45) is 0 Å². The van der Waals surface area contributed by atoms with E-state index in [1.165, 1.54) is 0 Å². The second-order valence-electron chi connectivity index (χ2n) is 3.89. The standard InChI is InChI=1S/C14H21NO4/c1-4-7-19-14(16)10-8-12(17-5-2)13(18-6-3)9-11(10)15/h8-9H,4-7,15H2,1-3H3. The molecule has 0 radical (unpaired) electrons. The minimum Gasteiger partial charge on any atom is -0.490 e. The van der Waals surface area contributed by atoms with Gasteiger partial charge in [-0.3, -0.25) is 0 Å². The average molecular weight is 267 g/mol. The molecule has 1 rings (SSSR count). The van der Waals surface area contributed by atoms with Crippen LogP contribution in [0.25, 0.3) is 0 Å². The van der Waals surface area contributed by atoms with Crippen LogP contribution in [0.4, 0.5) is 5.69 Å². The van der Waals surface area contributed by atoms with Crippen molar-refractivity contribution >= 4 is 11.7 Å². The third kappa shape index (κ3) is 4.05.